The minimum Gasteiger partial charge on any atom is -0.244 e. The average molecular weight is 562 g/mol. The molecule has 0 spiro atoms. The average Bonchev–Trinajstić information content (AvgIpc) is 3.18. The molecule has 6 atom stereocenters. The second kappa shape index (κ2) is 9.32. The molecule has 188 valence electrons. The summed E-state index contributed by atoms with van der Waals surface area (Å²) in [4.78, 5) is 5.34. The number of thioether (sulfide) groups is 1. The number of nitrogens with zero attached hydrogens (tertiary/aromatic N) is 2. The van der Waals surface area contributed by atoms with E-state index in [0.717, 1.165) is 56.1 Å². The van der Waals surface area contributed by atoms with Crippen molar-refractivity contribution in [3.8, 4) is 17.2 Å². The lowest BCUT2D eigenvalue weighted by Crippen LogP contribution is -2.53. The van der Waals surface area contributed by atoms with Crippen molar-refractivity contribution in [2.45, 2.75) is 82.1 Å². The van der Waals surface area contributed by atoms with Gasteiger partial charge in [-0.2, -0.15) is 5.26 Å². The van der Waals surface area contributed by atoms with Crippen molar-refractivity contribution in [1.82, 2.24) is 4.98 Å². The van der Waals surface area contributed by atoms with Crippen LogP contribution in [0.1, 0.15) is 82.0 Å². The fourth-order valence-corrected chi connectivity index (χ4v) is 10.2. The minimum absolute atomic E-state index is 0.104. The lowest BCUT2D eigenvalue weighted by atomic mass is 9.45. The third-order valence-electron chi connectivity index (χ3n) is 10.8. The van der Waals surface area contributed by atoms with Crippen molar-refractivity contribution in [3.05, 3.63) is 58.2 Å². The first-order chi connectivity index (χ1) is 17.4. The molecule has 0 unspecified atom stereocenters. The first kappa shape index (κ1) is 24.7. The van der Waals surface area contributed by atoms with Gasteiger partial charge in [-0.05, 0) is 97.3 Å². The quantitative estimate of drug-likeness (QED) is 0.276. The summed E-state index contributed by atoms with van der Waals surface area (Å²) in [6, 6.07) is 11.1. The van der Waals surface area contributed by atoms with Crippen LogP contribution in [0.5, 0.6) is 0 Å². The van der Waals surface area contributed by atoms with E-state index in [9.17, 15) is 5.26 Å². The minimum atomic E-state index is 0.104. The first-order valence-corrected chi connectivity index (χ1v) is 15.7. The molecule has 1 aromatic heterocycles. The van der Waals surface area contributed by atoms with Crippen molar-refractivity contribution in [1.29, 1.82) is 5.26 Å². The Balaban J connectivity index is 1.49. The van der Waals surface area contributed by atoms with Crippen LogP contribution in [0.3, 0.4) is 0 Å². The third-order valence-corrected chi connectivity index (χ3v) is 12.2. The number of benzene rings is 1. The predicted molar refractivity (Wildman–Crippen MR) is 153 cm³/mol. The molecule has 3 saturated carbocycles. The van der Waals surface area contributed by atoms with Gasteiger partial charge >= 0.3 is 0 Å². The van der Waals surface area contributed by atoms with Crippen LogP contribution >= 0.6 is 27.7 Å². The molecular weight excluding hydrogens is 524 g/mol. The van der Waals surface area contributed by atoms with E-state index in [2.05, 4.69) is 66.7 Å². The van der Waals surface area contributed by atoms with Gasteiger partial charge in [-0.3, -0.25) is 0 Å². The Morgan fingerprint density at radius 3 is 2.81 bits per heavy atom. The van der Waals surface area contributed by atoms with Crippen LogP contribution in [-0.2, 0) is 11.8 Å². The zero-order valence-corrected chi connectivity index (χ0v) is 24.1. The molecule has 0 N–H and O–H groups in total. The first-order valence-electron chi connectivity index (χ1n) is 13.9. The normalized spacial score (nSPS) is 34.6. The molecule has 6 rings (SSSR count). The van der Waals surface area contributed by atoms with E-state index in [1.54, 1.807) is 11.8 Å². The summed E-state index contributed by atoms with van der Waals surface area (Å²) in [5.74, 6) is 3.97. The highest BCUT2D eigenvalue weighted by atomic mass is 79.9. The van der Waals surface area contributed by atoms with Gasteiger partial charge in [0.05, 0.1) is 11.3 Å². The zero-order chi connectivity index (χ0) is 25.1. The number of halogens is 1. The molecule has 2 aromatic rings. The molecular formula is C32H37BrN2S. The van der Waals surface area contributed by atoms with Crippen molar-refractivity contribution >= 4 is 27.7 Å². The maximum absolute atomic E-state index is 10.4. The molecule has 2 nitrogen and oxygen atoms in total. The Kier molecular flexibility index (Phi) is 6.41. The van der Waals surface area contributed by atoms with Crippen molar-refractivity contribution in [2.75, 3.05) is 5.75 Å². The maximum atomic E-state index is 10.4. The van der Waals surface area contributed by atoms with Crippen LogP contribution < -0.4 is 0 Å². The fraction of sp³-hybridized carbons (Fsp3) is 0.562. The molecule has 4 aliphatic carbocycles. The van der Waals surface area contributed by atoms with Crippen molar-refractivity contribution in [3.63, 3.8) is 0 Å². The SMILES string of the molecule is C=CCSc1nc2c(c(-c3cccc(Br)c3)c1C#N)C[C@@H]1[C@@H]3CC[C@@H]4CCCC[C@]4(C)[C@@H]3CC[C@@]21C. The van der Waals surface area contributed by atoms with Gasteiger partial charge in [0.15, 0.2) is 0 Å². The number of aromatic nitrogens is 1. The molecule has 0 aliphatic heterocycles. The largest absolute Gasteiger partial charge is 0.244 e. The smallest absolute Gasteiger partial charge is 0.115 e. The molecule has 1 aromatic carbocycles. The molecule has 4 aliphatic rings. The van der Waals surface area contributed by atoms with Crippen molar-refractivity contribution < 1.29 is 0 Å². The second-order valence-electron chi connectivity index (χ2n) is 12.3. The van der Waals surface area contributed by atoms with Gasteiger partial charge in [0.25, 0.3) is 0 Å². The van der Waals surface area contributed by atoms with Crippen molar-refractivity contribution in [2.24, 2.45) is 29.1 Å². The van der Waals surface area contributed by atoms with Gasteiger partial charge in [0, 0.05) is 21.2 Å². The van der Waals surface area contributed by atoms with E-state index in [1.807, 2.05) is 6.08 Å². The molecule has 0 bridgehead atoms. The van der Waals surface area contributed by atoms with Crippen LogP contribution in [0.15, 0.2) is 46.4 Å². The number of pyridine rings is 1. The van der Waals surface area contributed by atoms with Gasteiger partial charge in [0.2, 0.25) is 0 Å². The monoisotopic (exact) mass is 560 g/mol. The standard InChI is InChI=1S/C32H37BrN2S/c1-4-16-36-30-25(19-34)28(20-8-7-10-22(33)17-20)24-18-27-23-12-11-21-9-5-6-14-31(21,2)26(23)13-15-32(27,3)29(24)35-30/h4,7-8,10,17,21,23,26-27H,1,5-6,9,11-16,18H2,2-3H3/t21-,23+,26+,27+,31-,32+/m0/s1. The Bertz CT molecular complexity index is 1250. The highest BCUT2D eigenvalue weighted by Gasteiger charge is 2.59. The van der Waals surface area contributed by atoms with Gasteiger partial charge in [-0.25, -0.2) is 4.98 Å². The van der Waals surface area contributed by atoms with E-state index in [0.29, 0.717) is 11.3 Å². The summed E-state index contributed by atoms with van der Waals surface area (Å²) in [5.41, 5.74) is 6.31. The Morgan fingerprint density at radius 2 is 2.03 bits per heavy atom. The highest BCUT2D eigenvalue weighted by molar-refractivity contribution is 9.10. The summed E-state index contributed by atoms with van der Waals surface area (Å²) < 4.78 is 1.06. The molecule has 0 radical (unpaired) electrons. The lowest BCUT2D eigenvalue weighted by molar-refractivity contribution is -0.0908. The van der Waals surface area contributed by atoms with Crippen LogP contribution in [0, 0.1) is 40.4 Å². The number of fused-ring (bicyclic) bond motifs is 7. The summed E-state index contributed by atoms with van der Waals surface area (Å²) in [6.45, 7) is 9.09. The van der Waals surface area contributed by atoms with E-state index in [4.69, 9.17) is 4.98 Å². The number of nitriles is 1. The number of rotatable bonds is 4. The molecule has 4 heteroatoms. The summed E-state index contributed by atoms with van der Waals surface area (Å²) in [5, 5.41) is 11.3. The molecule has 0 saturated heterocycles. The molecule has 0 amide bonds. The van der Waals surface area contributed by atoms with Crippen LogP contribution in [0.4, 0.5) is 0 Å². The Labute approximate surface area is 229 Å². The number of hydrogen-bond acceptors (Lipinski definition) is 3. The van der Waals surface area contributed by atoms with Gasteiger partial charge in [-0.15, -0.1) is 18.3 Å². The van der Waals surface area contributed by atoms with E-state index in [-0.39, 0.29) is 5.41 Å². The van der Waals surface area contributed by atoms with Crippen LogP contribution in [-0.4, -0.2) is 10.7 Å². The van der Waals surface area contributed by atoms with Gasteiger partial charge < -0.3 is 0 Å². The van der Waals surface area contributed by atoms with E-state index >= 15 is 0 Å². The summed E-state index contributed by atoms with van der Waals surface area (Å²) in [7, 11) is 0. The van der Waals surface area contributed by atoms with Crippen LogP contribution in [0.25, 0.3) is 11.1 Å². The molecule has 3 fully saturated rings. The second-order valence-corrected chi connectivity index (χ2v) is 14.2. The lowest BCUT2D eigenvalue weighted by Gasteiger charge is -2.59. The number of hydrogen-bond donors (Lipinski definition) is 0. The highest BCUT2D eigenvalue weighted by Crippen LogP contribution is 2.66. The zero-order valence-electron chi connectivity index (χ0n) is 21.7. The summed E-state index contributed by atoms with van der Waals surface area (Å²) in [6.07, 6.45) is 14.1. The third kappa shape index (κ3) is 3.67. The summed E-state index contributed by atoms with van der Waals surface area (Å²) >= 11 is 5.35. The Morgan fingerprint density at radius 1 is 1.17 bits per heavy atom. The molecule has 36 heavy (non-hydrogen) atoms. The van der Waals surface area contributed by atoms with Gasteiger partial charge in [-0.1, -0.05) is 60.8 Å². The molecule has 1 heterocycles. The topological polar surface area (TPSA) is 36.7 Å². The van der Waals surface area contributed by atoms with E-state index < -0.39 is 0 Å². The van der Waals surface area contributed by atoms with Gasteiger partial charge in [0.1, 0.15) is 11.1 Å². The fourth-order valence-electron chi connectivity index (χ4n) is 9.09. The van der Waals surface area contributed by atoms with Crippen LogP contribution in [0.2, 0.25) is 0 Å². The Hall–Kier alpha value is -1.57. The van der Waals surface area contributed by atoms with E-state index in [1.165, 1.54) is 62.6 Å². The maximum Gasteiger partial charge on any atom is 0.115 e. The predicted octanol–water partition coefficient (Wildman–Crippen LogP) is 9.11.